The van der Waals surface area contributed by atoms with Gasteiger partial charge in [-0.25, -0.2) is 4.58 Å². The van der Waals surface area contributed by atoms with Crippen LogP contribution in [0.25, 0.3) is 6.08 Å². The Kier molecular flexibility index (Phi) is 4.84. The van der Waals surface area contributed by atoms with Crippen molar-refractivity contribution in [2.75, 3.05) is 7.05 Å². The Morgan fingerprint density at radius 1 is 1.04 bits per heavy atom. The van der Waals surface area contributed by atoms with E-state index in [0.717, 1.165) is 5.56 Å². The number of carbonyl (C=O) groups is 1. The average molecular weight is 333 g/mol. The van der Waals surface area contributed by atoms with Crippen LogP contribution in [0.2, 0.25) is 0 Å². The van der Waals surface area contributed by atoms with E-state index in [1.807, 2.05) is 60.6 Å². The lowest BCUT2D eigenvalue weighted by Crippen LogP contribution is -2.43. The molecule has 2 aromatic rings. The first kappa shape index (κ1) is 17.2. The molecule has 0 saturated carbocycles. The molecule has 1 fully saturated rings. The van der Waals surface area contributed by atoms with Crippen LogP contribution in [0.3, 0.4) is 0 Å². The monoisotopic (exact) mass is 333 g/mol. The second kappa shape index (κ2) is 7.06. The van der Waals surface area contributed by atoms with Gasteiger partial charge in [-0.15, -0.1) is 0 Å². The van der Waals surface area contributed by atoms with E-state index in [2.05, 4.69) is 48.8 Å². The molecule has 3 rings (SSSR count). The topological polar surface area (TPSA) is 23.3 Å². The van der Waals surface area contributed by atoms with Gasteiger partial charge in [0, 0.05) is 33.4 Å². The maximum Gasteiger partial charge on any atom is 0.296 e. The number of hydrogen-bond acceptors (Lipinski definition) is 1. The smallest absolute Gasteiger partial charge is 0.280 e. The maximum atomic E-state index is 12.8. The van der Waals surface area contributed by atoms with E-state index in [4.69, 9.17) is 0 Å². The molecule has 1 saturated heterocycles. The quantitative estimate of drug-likeness (QED) is 0.784. The molecular weight excluding hydrogens is 308 g/mol. The van der Waals surface area contributed by atoms with Crippen LogP contribution in [0.4, 0.5) is 0 Å². The predicted octanol–water partition coefficient (Wildman–Crippen LogP) is 3.60. The van der Waals surface area contributed by atoms with Gasteiger partial charge in [0.25, 0.3) is 5.91 Å². The van der Waals surface area contributed by atoms with Crippen molar-refractivity contribution in [1.29, 1.82) is 0 Å². The lowest BCUT2D eigenvalue weighted by molar-refractivity contribution is -0.616. The van der Waals surface area contributed by atoms with Crippen LogP contribution in [0.1, 0.15) is 25.0 Å². The normalized spacial score (nSPS) is 21.4. The molecule has 0 bridgehead atoms. The van der Waals surface area contributed by atoms with Gasteiger partial charge in [0.05, 0.1) is 0 Å². The van der Waals surface area contributed by atoms with E-state index in [9.17, 15) is 4.79 Å². The van der Waals surface area contributed by atoms with E-state index in [-0.39, 0.29) is 17.6 Å². The minimum Gasteiger partial charge on any atom is -0.280 e. The van der Waals surface area contributed by atoms with Gasteiger partial charge in [-0.2, -0.15) is 0 Å². The molecular formula is C22H25N2O+. The second-order valence-corrected chi connectivity index (χ2v) is 6.92. The van der Waals surface area contributed by atoms with E-state index < -0.39 is 0 Å². The lowest BCUT2D eigenvalue weighted by Gasteiger charge is -2.22. The Morgan fingerprint density at radius 2 is 1.64 bits per heavy atom. The van der Waals surface area contributed by atoms with Gasteiger partial charge in [-0.05, 0) is 17.2 Å². The summed E-state index contributed by atoms with van der Waals surface area (Å²) in [4.78, 5) is 14.6. The molecule has 1 heterocycles. The highest BCUT2D eigenvalue weighted by atomic mass is 16.2. The summed E-state index contributed by atoms with van der Waals surface area (Å²) in [5.41, 5.74) is 1.98. The summed E-state index contributed by atoms with van der Waals surface area (Å²) in [6, 6.07) is 20.2. The molecule has 0 unspecified atom stereocenters. The number of carbonyl (C=O) groups excluding carboxylic acids is 1. The van der Waals surface area contributed by atoms with Crippen LogP contribution in [0.5, 0.6) is 0 Å². The minimum atomic E-state index is -0.350. The number of hydrogen-bond donors (Lipinski definition) is 0. The van der Waals surface area contributed by atoms with Crippen molar-refractivity contribution in [3.63, 3.8) is 0 Å². The zero-order valence-electron chi connectivity index (χ0n) is 15.1. The van der Waals surface area contributed by atoms with Crippen LogP contribution in [0.15, 0.2) is 66.7 Å². The number of nitrogens with zero attached hydrogens (tertiary/aromatic N) is 2. The van der Waals surface area contributed by atoms with Gasteiger partial charge in [0.1, 0.15) is 0 Å². The van der Waals surface area contributed by atoms with Crippen molar-refractivity contribution in [3.8, 4) is 0 Å². The number of amides is 1. The van der Waals surface area contributed by atoms with Crippen LogP contribution in [-0.4, -0.2) is 40.3 Å². The molecule has 1 aliphatic heterocycles. The molecule has 25 heavy (non-hydrogen) atoms. The zero-order chi connectivity index (χ0) is 17.9. The van der Waals surface area contributed by atoms with Gasteiger partial charge in [-0.3, -0.25) is 9.69 Å². The number of benzene rings is 2. The van der Waals surface area contributed by atoms with Crippen molar-refractivity contribution < 1.29 is 9.37 Å². The lowest BCUT2D eigenvalue weighted by atomic mass is 10.1. The first-order chi connectivity index (χ1) is 12.0. The molecule has 1 amide bonds. The van der Waals surface area contributed by atoms with Crippen LogP contribution in [-0.2, 0) is 11.2 Å². The number of likely N-dealkylation sites (N-methyl/N-ethyl adjacent to an activating group) is 1. The third-order valence-electron chi connectivity index (χ3n) is 5.01. The largest absolute Gasteiger partial charge is 0.296 e. The highest BCUT2D eigenvalue weighted by Crippen LogP contribution is 2.27. The van der Waals surface area contributed by atoms with Gasteiger partial charge in [0.2, 0.25) is 11.7 Å². The third kappa shape index (κ3) is 3.55. The molecule has 1 atom stereocenters. The minimum absolute atomic E-state index is 0.165. The molecule has 2 aromatic carbocycles. The molecule has 0 spiro atoms. The predicted molar refractivity (Wildman–Crippen MR) is 103 cm³/mol. The number of rotatable bonds is 4. The van der Waals surface area contributed by atoms with E-state index >= 15 is 0 Å². The molecule has 0 aliphatic carbocycles. The van der Waals surface area contributed by atoms with Crippen LogP contribution >= 0.6 is 0 Å². The molecule has 128 valence electrons. The first-order valence-corrected chi connectivity index (χ1v) is 8.67. The highest BCUT2D eigenvalue weighted by molar-refractivity contribution is 5.85. The van der Waals surface area contributed by atoms with E-state index in [1.165, 1.54) is 5.56 Å². The standard InChI is InChI=1S/C22H25N2O/c1-22(2)23(3)21(25)20(17-19-13-8-5-9-14-19)24(22)16-10-15-18-11-6-4-7-12-18/h4-16,20H,17H2,1-3H3/q+1/b15-10+,24-16+/t20-/m0/s1. The van der Waals surface area contributed by atoms with Crippen LogP contribution in [0, 0.1) is 0 Å². The second-order valence-electron chi connectivity index (χ2n) is 6.92. The summed E-state index contributed by atoms with van der Waals surface area (Å²) in [7, 11) is 1.88. The van der Waals surface area contributed by atoms with E-state index in [0.29, 0.717) is 6.42 Å². The summed E-state index contributed by atoms with van der Waals surface area (Å²) >= 11 is 0. The Hall–Kier alpha value is -2.68. The molecule has 1 aliphatic rings. The summed E-state index contributed by atoms with van der Waals surface area (Å²) in [5.74, 6) is 0.165. The van der Waals surface area contributed by atoms with E-state index in [1.54, 1.807) is 0 Å². The van der Waals surface area contributed by atoms with Crippen molar-refractivity contribution in [3.05, 3.63) is 77.9 Å². The average Bonchev–Trinajstić information content (AvgIpc) is 2.78. The Morgan fingerprint density at radius 3 is 2.28 bits per heavy atom. The molecule has 3 nitrogen and oxygen atoms in total. The van der Waals surface area contributed by atoms with Gasteiger partial charge >= 0.3 is 0 Å². The molecule has 0 N–H and O–H groups in total. The molecule has 0 aromatic heterocycles. The Labute approximate surface area is 149 Å². The Balaban J connectivity index is 1.90. The molecule has 3 heteroatoms. The molecule has 0 radical (unpaired) electrons. The fourth-order valence-electron chi connectivity index (χ4n) is 3.29. The van der Waals surface area contributed by atoms with Gasteiger partial charge < -0.3 is 0 Å². The van der Waals surface area contributed by atoms with Gasteiger partial charge in [0.15, 0.2) is 6.21 Å². The Bertz CT molecular complexity index is 791. The summed E-state index contributed by atoms with van der Waals surface area (Å²) in [5, 5.41) is 0. The van der Waals surface area contributed by atoms with Crippen molar-refractivity contribution in [1.82, 2.24) is 4.90 Å². The third-order valence-corrected chi connectivity index (χ3v) is 5.01. The SMILES string of the molecule is CN1C(=O)[C@H](Cc2ccccc2)/[N+](=C\C=C\c2ccccc2)C1(C)C. The fourth-order valence-corrected chi connectivity index (χ4v) is 3.29. The highest BCUT2D eigenvalue weighted by Gasteiger charge is 2.53. The number of allylic oxidation sites excluding steroid dienone is 1. The van der Waals surface area contributed by atoms with Crippen LogP contribution < -0.4 is 0 Å². The first-order valence-electron chi connectivity index (χ1n) is 8.67. The summed E-state index contributed by atoms with van der Waals surface area (Å²) in [6.07, 6.45) is 6.85. The summed E-state index contributed by atoms with van der Waals surface area (Å²) < 4.78 is 2.17. The maximum absolute atomic E-state index is 12.8. The van der Waals surface area contributed by atoms with Crippen molar-refractivity contribution >= 4 is 18.2 Å². The summed E-state index contributed by atoms with van der Waals surface area (Å²) in [6.45, 7) is 4.17. The van der Waals surface area contributed by atoms with Crippen molar-refractivity contribution in [2.45, 2.75) is 32.0 Å². The van der Waals surface area contributed by atoms with Gasteiger partial charge in [-0.1, -0.05) is 60.7 Å². The zero-order valence-corrected chi connectivity index (χ0v) is 15.1. The van der Waals surface area contributed by atoms with Crippen molar-refractivity contribution in [2.24, 2.45) is 0 Å². The fraction of sp³-hybridized carbons (Fsp3) is 0.273.